The first-order chi connectivity index (χ1) is 15.5. The average molecular weight is 545 g/mol. The molecule has 0 radical (unpaired) electrons. The van der Waals surface area contributed by atoms with Crippen molar-refractivity contribution in [3.63, 3.8) is 0 Å². The number of carboxylic acid groups (broad SMARTS) is 2. The third-order valence-electron chi connectivity index (χ3n) is 4.99. The van der Waals surface area contributed by atoms with Crippen LogP contribution in [-0.4, -0.2) is 31.1 Å². The second-order valence-corrected chi connectivity index (χ2v) is 12.0. The lowest BCUT2D eigenvalue weighted by Gasteiger charge is -2.17. The number of thiophene rings is 1. The Morgan fingerprint density at radius 3 is 2.45 bits per heavy atom. The molecule has 2 aromatic carbocycles. The van der Waals surface area contributed by atoms with Crippen molar-refractivity contribution in [2.45, 2.75) is 35.1 Å². The number of thioether (sulfide) groups is 1. The SMILES string of the molecule is Cc1cc(S(=O)(=O)Cc2c(C(=O)O)sc3c2CSc2ccc(Cl)cc2-3)c(C)cc1Cl.O=CO. The van der Waals surface area contributed by atoms with Gasteiger partial charge in [-0.15, -0.1) is 23.1 Å². The number of aromatic carboxylic acids is 1. The molecule has 33 heavy (non-hydrogen) atoms. The van der Waals surface area contributed by atoms with E-state index in [1.807, 2.05) is 6.07 Å². The van der Waals surface area contributed by atoms with Crippen LogP contribution in [0.1, 0.15) is 31.9 Å². The highest BCUT2D eigenvalue weighted by Gasteiger charge is 2.31. The van der Waals surface area contributed by atoms with E-state index >= 15 is 0 Å². The number of carbonyl (C=O) groups is 2. The molecule has 0 unspecified atom stereocenters. The topological polar surface area (TPSA) is 109 Å². The zero-order chi connectivity index (χ0) is 24.5. The van der Waals surface area contributed by atoms with Gasteiger partial charge in [-0.05, 0) is 66.4 Å². The number of benzene rings is 2. The number of hydrogen-bond donors (Lipinski definition) is 2. The van der Waals surface area contributed by atoms with Crippen LogP contribution < -0.4 is 0 Å². The summed E-state index contributed by atoms with van der Waals surface area (Å²) in [5, 5.41) is 17.7. The zero-order valence-corrected chi connectivity index (χ0v) is 21.3. The Bertz CT molecular complexity index is 1360. The van der Waals surface area contributed by atoms with E-state index in [1.165, 1.54) is 0 Å². The molecule has 0 spiro atoms. The predicted octanol–water partition coefficient (Wildman–Crippen LogP) is 6.32. The number of rotatable bonds is 4. The van der Waals surface area contributed by atoms with Gasteiger partial charge >= 0.3 is 5.97 Å². The second kappa shape index (κ2) is 10.1. The number of carboxylic acids is 1. The number of aryl methyl sites for hydroxylation is 2. The van der Waals surface area contributed by atoms with Gasteiger partial charge < -0.3 is 10.2 Å². The Labute approximate surface area is 209 Å². The molecular weight excluding hydrogens is 527 g/mol. The Morgan fingerprint density at radius 1 is 1.15 bits per heavy atom. The highest BCUT2D eigenvalue weighted by molar-refractivity contribution is 7.98. The van der Waals surface area contributed by atoms with E-state index in [1.54, 1.807) is 49.9 Å². The van der Waals surface area contributed by atoms with Gasteiger partial charge in [-0.1, -0.05) is 23.2 Å². The summed E-state index contributed by atoms with van der Waals surface area (Å²) < 4.78 is 26.6. The van der Waals surface area contributed by atoms with Gasteiger partial charge in [-0.3, -0.25) is 4.79 Å². The van der Waals surface area contributed by atoms with Crippen molar-refractivity contribution in [1.82, 2.24) is 0 Å². The van der Waals surface area contributed by atoms with E-state index in [-0.39, 0.29) is 22.0 Å². The molecule has 0 fully saturated rings. The summed E-state index contributed by atoms with van der Waals surface area (Å²) in [6, 6.07) is 8.67. The quantitative estimate of drug-likeness (QED) is 0.370. The number of halogens is 2. The fourth-order valence-electron chi connectivity index (χ4n) is 3.51. The molecule has 174 valence electrons. The predicted molar refractivity (Wildman–Crippen MR) is 132 cm³/mol. The molecule has 1 aromatic heterocycles. The van der Waals surface area contributed by atoms with Gasteiger partial charge in [0.05, 0.1) is 10.6 Å². The molecule has 0 saturated carbocycles. The summed E-state index contributed by atoms with van der Waals surface area (Å²) in [5.41, 5.74) is 3.16. The lowest BCUT2D eigenvalue weighted by Crippen LogP contribution is -2.11. The Kier molecular flexibility index (Phi) is 7.80. The number of fused-ring (bicyclic) bond motifs is 3. The largest absolute Gasteiger partial charge is 0.483 e. The van der Waals surface area contributed by atoms with E-state index in [0.717, 1.165) is 32.2 Å². The van der Waals surface area contributed by atoms with Crippen LogP contribution in [-0.2, 0) is 26.1 Å². The van der Waals surface area contributed by atoms with E-state index in [4.69, 9.17) is 33.1 Å². The summed E-state index contributed by atoms with van der Waals surface area (Å²) in [6.45, 7) is 3.18. The lowest BCUT2D eigenvalue weighted by atomic mass is 10.1. The van der Waals surface area contributed by atoms with Crippen molar-refractivity contribution in [1.29, 1.82) is 0 Å². The van der Waals surface area contributed by atoms with Crippen LogP contribution in [0.15, 0.2) is 40.1 Å². The van der Waals surface area contributed by atoms with E-state index in [0.29, 0.717) is 32.5 Å². The van der Waals surface area contributed by atoms with Crippen molar-refractivity contribution < 1.29 is 28.2 Å². The Morgan fingerprint density at radius 2 is 1.82 bits per heavy atom. The normalized spacial score (nSPS) is 12.2. The smallest absolute Gasteiger partial charge is 0.346 e. The van der Waals surface area contributed by atoms with Gasteiger partial charge in [0.25, 0.3) is 6.47 Å². The molecule has 1 aliphatic heterocycles. The molecule has 1 aliphatic rings. The zero-order valence-electron chi connectivity index (χ0n) is 17.4. The Balaban J connectivity index is 0.000000968. The first-order valence-electron chi connectivity index (χ1n) is 9.38. The van der Waals surface area contributed by atoms with Crippen LogP contribution in [0.3, 0.4) is 0 Å². The van der Waals surface area contributed by atoms with E-state index in [2.05, 4.69) is 0 Å². The molecule has 2 N–H and O–H groups in total. The van der Waals surface area contributed by atoms with Crippen LogP contribution in [0.2, 0.25) is 10.0 Å². The molecule has 0 atom stereocenters. The van der Waals surface area contributed by atoms with Crippen LogP contribution in [0.4, 0.5) is 0 Å². The van der Waals surface area contributed by atoms with Crippen LogP contribution in [0, 0.1) is 13.8 Å². The fraction of sp³-hybridized carbons (Fsp3) is 0.182. The molecule has 6 nitrogen and oxygen atoms in total. The fourth-order valence-corrected chi connectivity index (χ4v) is 8.21. The molecule has 4 rings (SSSR count). The van der Waals surface area contributed by atoms with Crippen molar-refractivity contribution in [2.75, 3.05) is 0 Å². The van der Waals surface area contributed by atoms with Crippen molar-refractivity contribution in [3.8, 4) is 10.4 Å². The summed E-state index contributed by atoms with van der Waals surface area (Å²) in [6.07, 6.45) is 0. The summed E-state index contributed by atoms with van der Waals surface area (Å²) in [5.74, 6) is -0.993. The monoisotopic (exact) mass is 544 g/mol. The maximum absolute atomic E-state index is 13.3. The molecule has 3 aromatic rings. The summed E-state index contributed by atoms with van der Waals surface area (Å²) in [4.78, 5) is 22.3. The first-order valence-corrected chi connectivity index (χ1v) is 13.6. The lowest BCUT2D eigenvalue weighted by molar-refractivity contribution is -0.122. The minimum atomic E-state index is -3.78. The molecule has 0 amide bonds. The number of sulfone groups is 1. The van der Waals surface area contributed by atoms with Gasteiger partial charge in [0.1, 0.15) is 4.88 Å². The van der Waals surface area contributed by atoms with Gasteiger partial charge in [-0.25, -0.2) is 13.2 Å². The van der Waals surface area contributed by atoms with Crippen molar-refractivity contribution >= 4 is 68.6 Å². The van der Waals surface area contributed by atoms with Crippen molar-refractivity contribution in [3.05, 3.63) is 67.5 Å². The highest BCUT2D eigenvalue weighted by atomic mass is 35.5. The van der Waals surface area contributed by atoms with Gasteiger partial charge in [0.15, 0.2) is 9.84 Å². The van der Waals surface area contributed by atoms with E-state index in [9.17, 15) is 18.3 Å². The molecule has 0 aliphatic carbocycles. The third-order valence-corrected chi connectivity index (χ3v) is 9.81. The maximum Gasteiger partial charge on any atom is 0.346 e. The molecule has 2 heterocycles. The standard InChI is InChI=1S/C21H16Cl2O4S3.CH2O2/c1-10-6-18(11(2)5-16(10)23)30(26,27)9-15-14-8-28-17-4-3-12(22)7-13(17)19(14)29-20(15)21(24)25;2-1-3/h3-7H,8-9H2,1-2H3,(H,24,25);1H,(H,2,3). The van der Waals surface area contributed by atoms with Gasteiger partial charge in [-0.2, -0.15) is 0 Å². The average Bonchev–Trinajstić information content (AvgIpc) is 3.09. The van der Waals surface area contributed by atoms with Gasteiger partial charge in [0, 0.05) is 31.1 Å². The summed E-state index contributed by atoms with van der Waals surface area (Å²) in [7, 11) is -3.78. The molecule has 0 saturated heterocycles. The van der Waals surface area contributed by atoms with Crippen molar-refractivity contribution in [2.24, 2.45) is 0 Å². The van der Waals surface area contributed by atoms with E-state index < -0.39 is 15.8 Å². The first kappa shape index (κ1) is 25.6. The van der Waals surface area contributed by atoms with Crippen LogP contribution in [0.5, 0.6) is 0 Å². The van der Waals surface area contributed by atoms with Crippen LogP contribution >= 0.6 is 46.3 Å². The Hall–Kier alpha value is -2.04. The number of hydrogen-bond acceptors (Lipinski definition) is 6. The van der Waals surface area contributed by atoms with Gasteiger partial charge in [0.2, 0.25) is 0 Å². The molecule has 11 heteroatoms. The summed E-state index contributed by atoms with van der Waals surface area (Å²) >= 11 is 14.9. The van der Waals surface area contributed by atoms with Crippen LogP contribution in [0.25, 0.3) is 10.4 Å². The molecular formula is C22H18Cl2O6S3. The third kappa shape index (κ3) is 5.22. The minimum absolute atomic E-state index is 0.0559. The highest BCUT2D eigenvalue weighted by Crippen LogP contribution is 2.49. The second-order valence-electron chi connectivity index (χ2n) is 7.18. The molecule has 0 bridgehead atoms. The maximum atomic E-state index is 13.3. The minimum Gasteiger partial charge on any atom is -0.483 e.